The van der Waals surface area contributed by atoms with E-state index < -0.39 is 0 Å². The molecule has 3 rings (SSSR count). The van der Waals surface area contributed by atoms with E-state index in [1.165, 1.54) is 0 Å². The minimum atomic E-state index is 0.0952. The van der Waals surface area contributed by atoms with Gasteiger partial charge in [0.25, 0.3) is 0 Å². The molecule has 1 aliphatic carbocycles. The molecule has 1 saturated carbocycles. The summed E-state index contributed by atoms with van der Waals surface area (Å²) in [5, 5.41) is 3.05. The lowest BCUT2D eigenvalue weighted by Gasteiger charge is -2.29. The largest absolute Gasteiger partial charge is 0.294 e. The summed E-state index contributed by atoms with van der Waals surface area (Å²) in [6, 6.07) is 9.31. The van der Waals surface area contributed by atoms with Gasteiger partial charge in [-0.15, -0.1) is 0 Å². The molecule has 2 aromatic rings. The molecule has 0 aromatic carbocycles. The number of carbonyl (C=O) groups is 1. The van der Waals surface area contributed by atoms with Gasteiger partial charge in [0.15, 0.2) is 5.78 Å². The fourth-order valence-electron chi connectivity index (χ4n) is 3.47. The van der Waals surface area contributed by atoms with Crippen LogP contribution in [-0.4, -0.2) is 22.3 Å². The average Bonchev–Trinajstić information content (AvgIpc) is 2.64. The lowest BCUT2D eigenvalue weighted by molar-refractivity contribution is 0.0923. The fraction of sp³-hybridized carbons (Fsp3) is 0.421. The van der Waals surface area contributed by atoms with Crippen LogP contribution >= 0.6 is 0 Å². The molecule has 0 N–H and O–H groups in total. The molecule has 0 saturated heterocycles. The van der Waals surface area contributed by atoms with Crippen molar-refractivity contribution in [3.63, 3.8) is 0 Å². The number of aromatic nitrogens is 2. The summed E-state index contributed by atoms with van der Waals surface area (Å²) in [5.41, 5.74) is 2.17. The third-order valence-electron chi connectivity index (χ3n) is 4.84. The van der Waals surface area contributed by atoms with Crippen molar-refractivity contribution in [1.29, 1.82) is 0 Å². The van der Waals surface area contributed by atoms with Crippen molar-refractivity contribution >= 4 is 5.78 Å². The van der Waals surface area contributed by atoms with E-state index in [-0.39, 0.29) is 17.6 Å². The summed E-state index contributed by atoms with van der Waals surface area (Å²) in [6.45, 7) is 0.328. The Kier molecular flexibility index (Phi) is 5.41. The number of rotatable bonds is 6. The second-order valence-electron chi connectivity index (χ2n) is 6.39. The molecule has 0 spiro atoms. The molecule has 2 aromatic heterocycles. The predicted octanol–water partition coefficient (Wildman–Crippen LogP) is 4.29. The van der Waals surface area contributed by atoms with Gasteiger partial charge in [0.05, 0.1) is 17.9 Å². The number of ketones is 1. The molecular formula is C19H21N3O2. The van der Waals surface area contributed by atoms with Crippen LogP contribution in [0.4, 0.5) is 0 Å². The zero-order chi connectivity index (χ0) is 16.8. The lowest BCUT2D eigenvalue weighted by Crippen LogP contribution is -2.24. The maximum atomic E-state index is 12.5. The van der Waals surface area contributed by atoms with Gasteiger partial charge in [0.2, 0.25) is 0 Å². The first-order valence-corrected chi connectivity index (χ1v) is 8.47. The van der Waals surface area contributed by atoms with Crippen molar-refractivity contribution in [2.45, 2.75) is 32.1 Å². The molecule has 5 heteroatoms. The zero-order valence-corrected chi connectivity index (χ0v) is 13.6. The standard InChI is InChI=1S/C19H21N3O2/c23-19(11-14-5-1-2-6-15(14)13-22-24)16-8-9-18(21-12-16)17-7-3-4-10-20-17/h3-4,7-10,12,14-15H,1-2,5-6,11,13H2. The van der Waals surface area contributed by atoms with E-state index >= 15 is 0 Å². The van der Waals surface area contributed by atoms with E-state index in [9.17, 15) is 9.70 Å². The van der Waals surface area contributed by atoms with Gasteiger partial charge >= 0.3 is 0 Å². The Morgan fingerprint density at radius 1 is 1.04 bits per heavy atom. The molecule has 0 aliphatic heterocycles. The number of pyridine rings is 2. The van der Waals surface area contributed by atoms with Crippen molar-refractivity contribution in [3.05, 3.63) is 53.2 Å². The number of hydrogen-bond donors (Lipinski definition) is 0. The van der Waals surface area contributed by atoms with Crippen LogP contribution in [0.5, 0.6) is 0 Å². The molecule has 5 nitrogen and oxygen atoms in total. The number of nitrogens with zero attached hydrogens (tertiary/aromatic N) is 3. The van der Waals surface area contributed by atoms with Crippen molar-refractivity contribution in [1.82, 2.24) is 9.97 Å². The van der Waals surface area contributed by atoms with Gasteiger partial charge in [-0.25, -0.2) is 0 Å². The average molecular weight is 323 g/mol. The number of hydrogen-bond acceptors (Lipinski definition) is 5. The first kappa shape index (κ1) is 16.4. The van der Waals surface area contributed by atoms with Crippen LogP contribution in [0.2, 0.25) is 0 Å². The summed E-state index contributed by atoms with van der Waals surface area (Å²) in [6.07, 6.45) is 8.09. The quantitative estimate of drug-likeness (QED) is 0.587. The minimum absolute atomic E-state index is 0.0952. The summed E-state index contributed by atoms with van der Waals surface area (Å²) < 4.78 is 0. The van der Waals surface area contributed by atoms with Crippen LogP contribution in [0, 0.1) is 16.7 Å². The Labute approximate surface area is 141 Å². The third-order valence-corrected chi connectivity index (χ3v) is 4.84. The van der Waals surface area contributed by atoms with Crippen molar-refractivity contribution in [2.75, 3.05) is 6.54 Å². The minimum Gasteiger partial charge on any atom is -0.294 e. The van der Waals surface area contributed by atoms with Crippen LogP contribution in [0.3, 0.4) is 0 Å². The first-order chi connectivity index (χ1) is 11.8. The van der Waals surface area contributed by atoms with E-state index in [1.807, 2.05) is 30.3 Å². The summed E-state index contributed by atoms with van der Waals surface area (Å²) in [4.78, 5) is 31.8. The number of Topliss-reactive ketones (excluding diaryl/α,β-unsaturated/α-hetero) is 1. The van der Waals surface area contributed by atoms with Gasteiger partial charge in [-0.2, -0.15) is 4.91 Å². The smallest absolute Gasteiger partial charge is 0.164 e. The normalized spacial score (nSPS) is 20.5. The maximum absolute atomic E-state index is 12.5. The van der Waals surface area contributed by atoms with Crippen LogP contribution in [-0.2, 0) is 0 Å². The zero-order valence-electron chi connectivity index (χ0n) is 13.6. The second-order valence-corrected chi connectivity index (χ2v) is 6.39. The lowest BCUT2D eigenvalue weighted by atomic mass is 9.76. The third kappa shape index (κ3) is 3.91. The van der Waals surface area contributed by atoms with E-state index in [0.717, 1.165) is 37.1 Å². The Balaban J connectivity index is 1.67. The highest BCUT2D eigenvalue weighted by atomic mass is 16.3. The molecule has 1 fully saturated rings. The molecule has 0 bridgehead atoms. The molecule has 0 amide bonds. The van der Waals surface area contributed by atoms with Crippen molar-refractivity contribution in [3.8, 4) is 11.4 Å². The van der Waals surface area contributed by atoms with E-state index in [0.29, 0.717) is 18.5 Å². The van der Waals surface area contributed by atoms with Gasteiger partial charge in [-0.1, -0.05) is 24.1 Å². The number of nitroso groups, excluding NO2 is 1. The molecule has 2 unspecified atom stereocenters. The van der Waals surface area contributed by atoms with Gasteiger partial charge in [0.1, 0.15) is 0 Å². The van der Waals surface area contributed by atoms with Crippen LogP contribution in [0.25, 0.3) is 11.4 Å². The molecule has 1 aliphatic rings. The van der Waals surface area contributed by atoms with Crippen molar-refractivity contribution < 1.29 is 4.79 Å². The Morgan fingerprint density at radius 2 is 1.83 bits per heavy atom. The number of carbonyl (C=O) groups excluding carboxylic acids is 1. The molecular weight excluding hydrogens is 302 g/mol. The highest BCUT2D eigenvalue weighted by Crippen LogP contribution is 2.33. The maximum Gasteiger partial charge on any atom is 0.164 e. The highest BCUT2D eigenvalue weighted by Gasteiger charge is 2.27. The van der Waals surface area contributed by atoms with Crippen molar-refractivity contribution in [2.24, 2.45) is 17.0 Å². The topological polar surface area (TPSA) is 72.3 Å². The summed E-state index contributed by atoms with van der Waals surface area (Å²) >= 11 is 0. The van der Waals surface area contributed by atoms with Gasteiger partial charge < -0.3 is 0 Å². The van der Waals surface area contributed by atoms with Gasteiger partial charge in [-0.05, 0) is 48.9 Å². The van der Waals surface area contributed by atoms with E-state index in [2.05, 4.69) is 15.1 Å². The highest BCUT2D eigenvalue weighted by molar-refractivity contribution is 5.96. The Morgan fingerprint density at radius 3 is 2.50 bits per heavy atom. The van der Waals surface area contributed by atoms with Crippen LogP contribution in [0.1, 0.15) is 42.5 Å². The monoisotopic (exact) mass is 323 g/mol. The molecule has 0 radical (unpaired) electrons. The van der Waals surface area contributed by atoms with Gasteiger partial charge in [-0.3, -0.25) is 14.8 Å². The van der Waals surface area contributed by atoms with Crippen LogP contribution in [0.15, 0.2) is 47.9 Å². The predicted molar refractivity (Wildman–Crippen MR) is 92.5 cm³/mol. The Hall–Kier alpha value is -2.43. The fourth-order valence-corrected chi connectivity index (χ4v) is 3.47. The molecule has 24 heavy (non-hydrogen) atoms. The second kappa shape index (κ2) is 7.90. The molecule has 2 atom stereocenters. The summed E-state index contributed by atoms with van der Waals surface area (Å²) in [7, 11) is 0. The van der Waals surface area contributed by atoms with Crippen LogP contribution < -0.4 is 0 Å². The van der Waals surface area contributed by atoms with Gasteiger partial charge in [0, 0.05) is 24.4 Å². The van der Waals surface area contributed by atoms with E-state index in [1.54, 1.807) is 12.4 Å². The molecule has 2 heterocycles. The van der Waals surface area contributed by atoms with E-state index in [4.69, 9.17) is 0 Å². The summed E-state index contributed by atoms with van der Waals surface area (Å²) in [5.74, 6) is 0.609. The molecule has 124 valence electrons. The first-order valence-electron chi connectivity index (χ1n) is 8.47. The SMILES string of the molecule is O=NCC1CCCCC1CC(=O)c1ccc(-c2ccccn2)nc1. The Bertz CT molecular complexity index is 686.